The molecular weight excluding hydrogens is 248 g/mol. The molecule has 2 aliphatic carbocycles. The van der Waals surface area contributed by atoms with E-state index in [9.17, 15) is 8.78 Å². The van der Waals surface area contributed by atoms with Gasteiger partial charge in [0.25, 0.3) is 0 Å². The van der Waals surface area contributed by atoms with E-state index in [0.29, 0.717) is 6.04 Å². The standard InChI is InChI=1S/C15H19F2NO/c1-18-13-9-14(15(13)6-2-3-7-15)19-12-5-4-10(16)8-11(12)17/h4-5,8,13-14,18H,2-3,6-7,9H2,1H3. The highest BCUT2D eigenvalue weighted by Crippen LogP contribution is 2.54. The maximum atomic E-state index is 13.6. The number of hydrogen-bond donors (Lipinski definition) is 1. The average molecular weight is 267 g/mol. The summed E-state index contributed by atoms with van der Waals surface area (Å²) in [6, 6.07) is 3.97. The molecule has 1 aromatic carbocycles. The van der Waals surface area contributed by atoms with Crippen LogP contribution in [0, 0.1) is 17.0 Å². The zero-order chi connectivity index (χ0) is 13.5. The molecule has 0 saturated heterocycles. The lowest BCUT2D eigenvalue weighted by molar-refractivity contribution is -0.0751. The molecule has 0 aromatic heterocycles. The predicted molar refractivity (Wildman–Crippen MR) is 69.1 cm³/mol. The molecule has 0 aliphatic heterocycles. The Morgan fingerprint density at radius 1 is 1.26 bits per heavy atom. The van der Waals surface area contributed by atoms with Gasteiger partial charge < -0.3 is 10.1 Å². The summed E-state index contributed by atoms with van der Waals surface area (Å²) < 4.78 is 32.4. The van der Waals surface area contributed by atoms with Gasteiger partial charge in [0.15, 0.2) is 11.6 Å². The molecule has 1 aromatic rings. The highest BCUT2D eigenvalue weighted by molar-refractivity contribution is 5.26. The number of benzene rings is 1. The third-order valence-corrected chi connectivity index (χ3v) is 4.83. The zero-order valence-corrected chi connectivity index (χ0v) is 11.1. The van der Waals surface area contributed by atoms with Crippen LogP contribution in [0.4, 0.5) is 8.78 Å². The van der Waals surface area contributed by atoms with Crippen LogP contribution in [0.5, 0.6) is 5.75 Å². The second kappa shape index (κ2) is 4.75. The van der Waals surface area contributed by atoms with Crippen molar-refractivity contribution in [3.05, 3.63) is 29.8 Å². The lowest BCUT2D eigenvalue weighted by atomic mass is 9.60. The first-order chi connectivity index (χ1) is 9.15. The van der Waals surface area contributed by atoms with E-state index < -0.39 is 11.6 Å². The molecule has 2 atom stereocenters. The highest BCUT2D eigenvalue weighted by Gasteiger charge is 2.57. The molecule has 2 nitrogen and oxygen atoms in total. The van der Waals surface area contributed by atoms with E-state index >= 15 is 0 Å². The molecule has 19 heavy (non-hydrogen) atoms. The molecule has 2 saturated carbocycles. The van der Waals surface area contributed by atoms with Crippen LogP contribution in [0.2, 0.25) is 0 Å². The summed E-state index contributed by atoms with van der Waals surface area (Å²) in [5, 5.41) is 3.34. The smallest absolute Gasteiger partial charge is 0.167 e. The fraction of sp³-hybridized carbons (Fsp3) is 0.600. The van der Waals surface area contributed by atoms with Gasteiger partial charge in [-0.15, -0.1) is 0 Å². The van der Waals surface area contributed by atoms with Crippen molar-refractivity contribution in [2.24, 2.45) is 5.41 Å². The van der Waals surface area contributed by atoms with Crippen molar-refractivity contribution < 1.29 is 13.5 Å². The molecule has 4 heteroatoms. The highest BCUT2D eigenvalue weighted by atomic mass is 19.1. The molecule has 2 unspecified atom stereocenters. The van der Waals surface area contributed by atoms with Gasteiger partial charge in [-0.05, 0) is 32.0 Å². The SMILES string of the molecule is CNC1CC(Oc2ccc(F)cc2F)C12CCCC2. The van der Waals surface area contributed by atoms with Gasteiger partial charge in [-0.1, -0.05) is 12.8 Å². The monoisotopic (exact) mass is 267 g/mol. The van der Waals surface area contributed by atoms with Crippen LogP contribution in [-0.4, -0.2) is 19.2 Å². The van der Waals surface area contributed by atoms with E-state index in [-0.39, 0.29) is 17.3 Å². The Kier molecular flexibility index (Phi) is 3.21. The van der Waals surface area contributed by atoms with Crippen molar-refractivity contribution in [1.82, 2.24) is 5.32 Å². The molecule has 0 bridgehead atoms. The van der Waals surface area contributed by atoms with Crippen molar-refractivity contribution in [3.63, 3.8) is 0 Å². The fourth-order valence-electron chi connectivity index (χ4n) is 3.75. The first kappa shape index (κ1) is 12.9. The van der Waals surface area contributed by atoms with Crippen molar-refractivity contribution in [2.45, 2.75) is 44.2 Å². The minimum Gasteiger partial charge on any atom is -0.487 e. The van der Waals surface area contributed by atoms with Gasteiger partial charge in [0.05, 0.1) is 0 Å². The Labute approximate surface area is 112 Å². The Balaban J connectivity index is 1.77. The topological polar surface area (TPSA) is 21.3 Å². The molecule has 2 aliphatic rings. The summed E-state index contributed by atoms with van der Waals surface area (Å²) in [5.74, 6) is -1.00. The Morgan fingerprint density at radius 3 is 2.63 bits per heavy atom. The van der Waals surface area contributed by atoms with Gasteiger partial charge in [0, 0.05) is 23.9 Å². The summed E-state index contributed by atoms with van der Waals surface area (Å²) >= 11 is 0. The number of halogens is 2. The number of hydrogen-bond acceptors (Lipinski definition) is 2. The van der Waals surface area contributed by atoms with E-state index in [0.717, 1.165) is 25.3 Å². The van der Waals surface area contributed by atoms with Crippen molar-refractivity contribution in [1.29, 1.82) is 0 Å². The molecule has 0 amide bonds. The van der Waals surface area contributed by atoms with E-state index in [1.165, 1.54) is 25.0 Å². The van der Waals surface area contributed by atoms with Gasteiger partial charge in [-0.2, -0.15) is 0 Å². The van der Waals surface area contributed by atoms with Gasteiger partial charge in [0.2, 0.25) is 0 Å². The molecule has 1 N–H and O–H groups in total. The molecule has 2 fully saturated rings. The van der Waals surface area contributed by atoms with Crippen LogP contribution < -0.4 is 10.1 Å². The predicted octanol–water partition coefficient (Wildman–Crippen LogP) is 3.26. The summed E-state index contributed by atoms with van der Waals surface area (Å²) in [6.07, 6.45) is 5.63. The fourth-order valence-corrected chi connectivity index (χ4v) is 3.75. The third-order valence-electron chi connectivity index (χ3n) is 4.83. The lowest BCUT2D eigenvalue weighted by Crippen LogP contribution is -2.63. The number of ether oxygens (including phenoxy) is 1. The van der Waals surface area contributed by atoms with Crippen LogP contribution in [-0.2, 0) is 0 Å². The third kappa shape index (κ3) is 2.02. The van der Waals surface area contributed by atoms with E-state index in [1.54, 1.807) is 0 Å². The van der Waals surface area contributed by atoms with Crippen LogP contribution in [0.1, 0.15) is 32.1 Å². The normalized spacial score (nSPS) is 28.4. The van der Waals surface area contributed by atoms with Crippen molar-refractivity contribution in [2.75, 3.05) is 7.05 Å². The van der Waals surface area contributed by atoms with Gasteiger partial charge >= 0.3 is 0 Å². The van der Waals surface area contributed by atoms with E-state index in [4.69, 9.17) is 4.74 Å². The van der Waals surface area contributed by atoms with Gasteiger partial charge in [0.1, 0.15) is 11.9 Å². The first-order valence-corrected chi connectivity index (χ1v) is 6.95. The molecule has 3 rings (SSSR count). The van der Waals surface area contributed by atoms with E-state index in [1.807, 2.05) is 7.05 Å². The van der Waals surface area contributed by atoms with Gasteiger partial charge in [-0.25, -0.2) is 8.78 Å². The summed E-state index contributed by atoms with van der Waals surface area (Å²) in [7, 11) is 1.97. The van der Waals surface area contributed by atoms with Crippen LogP contribution in [0.15, 0.2) is 18.2 Å². The van der Waals surface area contributed by atoms with Crippen molar-refractivity contribution in [3.8, 4) is 5.75 Å². The summed E-state index contributed by atoms with van der Waals surface area (Å²) in [5.41, 5.74) is 0.148. The van der Waals surface area contributed by atoms with Gasteiger partial charge in [-0.3, -0.25) is 0 Å². The quantitative estimate of drug-likeness (QED) is 0.907. The Morgan fingerprint density at radius 2 is 2.00 bits per heavy atom. The molecule has 104 valence electrons. The first-order valence-electron chi connectivity index (χ1n) is 6.95. The van der Waals surface area contributed by atoms with Crippen LogP contribution in [0.3, 0.4) is 0 Å². The maximum absolute atomic E-state index is 13.6. The summed E-state index contributed by atoms with van der Waals surface area (Å²) in [4.78, 5) is 0. The van der Waals surface area contributed by atoms with Crippen molar-refractivity contribution >= 4 is 0 Å². The largest absolute Gasteiger partial charge is 0.487 e. The Hall–Kier alpha value is -1.16. The molecular formula is C15H19F2NO. The molecule has 0 radical (unpaired) electrons. The molecule has 0 heterocycles. The Bertz CT molecular complexity index is 471. The maximum Gasteiger partial charge on any atom is 0.167 e. The molecule has 1 spiro atoms. The minimum absolute atomic E-state index is 0.0485. The van der Waals surface area contributed by atoms with E-state index in [2.05, 4.69) is 5.32 Å². The number of rotatable bonds is 3. The lowest BCUT2D eigenvalue weighted by Gasteiger charge is -2.53. The van der Waals surface area contributed by atoms with Crippen LogP contribution >= 0.6 is 0 Å². The summed E-state index contributed by atoms with van der Waals surface area (Å²) in [6.45, 7) is 0. The zero-order valence-electron chi connectivity index (χ0n) is 11.1. The second-order valence-electron chi connectivity index (χ2n) is 5.70. The number of nitrogens with one attached hydrogen (secondary N) is 1. The minimum atomic E-state index is -0.610. The average Bonchev–Trinajstić information content (AvgIpc) is 2.88. The second-order valence-corrected chi connectivity index (χ2v) is 5.70. The van der Waals surface area contributed by atoms with Crippen LogP contribution in [0.25, 0.3) is 0 Å².